The lowest BCUT2D eigenvalue weighted by atomic mass is 10.0. The van der Waals surface area contributed by atoms with E-state index in [1.165, 1.54) is 5.56 Å². The van der Waals surface area contributed by atoms with Gasteiger partial charge in [0.05, 0.1) is 12.8 Å². The number of guanidine groups is 1. The molecule has 24 heavy (non-hydrogen) atoms. The number of halogens is 1. The van der Waals surface area contributed by atoms with Crippen LogP contribution in [0, 0.1) is 0 Å². The number of benzene rings is 1. The van der Waals surface area contributed by atoms with Crippen molar-refractivity contribution in [2.45, 2.75) is 26.0 Å². The zero-order valence-electron chi connectivity index (χ0n) is 14.4. The Kier molecular flexibility index (Phi) is 8.27. The summed E-state index contributed by atoms with van der Waals surface area (Å²) >= 11 is 0. The molecular weight excluding hydrogens is 417 g/mol. The molecule has 0 bridgehead atoms. The summed E-state index contributed by atoms with van der Waals surface area (Å²) in [5.41, 5.74) is 0.0796. The third-order valence-electron chi connectivity index (χ3n) is 3.55. The van der Waals surface area contributed by atoms with Gasteiger partial charge in [-0.25, -0.2) is 4.99 Å². The van der Waals surface area contributed by atoms with Crippen molar-refractivity contribution in [2.24, 2.45) is 4.99 Å². The van der Waals surface area contributed by atoms with Crippen LogP contribution in [-0.4, -0.2) is 36.1 Å². The highest BCUT2D eigenvalue weighted by atomic mass is 127. The molecule has 2 N–H and O–H groups in total. The second-order valence-corrected chi connectivity index (χ2v) is 5.76. The van der Waals surface area contributed by atoms with Crippen LogP contribution in [0.15, 0.2) is 58.1 Å². The molecule has 0 saturated carbocycles. The molecule has 0 radical (unpaired) electrons. The van der Waals surface area contributed by atoms with Crippen LogP contribution in [0.4, 0.5) is 0 Å². The number of aliphatic hydroxyl groups is 1. The van der Waals surface area contributed by atoms with Gasteiger partial charge in [0.2, 0.25) is 0 Å². The minimum Gasteiger partial charge on any atom is -0.466 e. The zero-order valence-corrected chi connectivity index (χ0v) is 16.7. The second kappa shape index (κ2) is 9.68. The lowest BCUT2D eigenvalue weighted by Crippen LogP contribution is -2.39. The molecule has 6 heteroatoms. The molecular formula is C18H26IN3O2. The summed E-state index contributed by atoms with van der Waals surface area (Å²) in [7, 11) is 1.98. The highest BCUT2D eigenvalue weighted by Gasteiger charge is 2.26. The Morgan fingerprint density at radius 3 is 2.54 bits per heavy atom. The number of hydrogen-bond donors (Lipinski definition) is 2. The molecule has 2 aromatic rings. The normalized spacial score (nSPS) is 13.8. The van der Waals surface area contributed by atoms with Gasteiger partial charge in [0, 0.05) is 20.1 Å². The number of hydrogen-bond acceptors (Lipinski definition) is 3. The molecule has 1 unspecified atom stereocenters. The summed E-state index contributed by atoms with van der Waals surface area (Å²) in [6.07, 6.45) is 1.56. The van der Waals surface area contributed by atoms with Crippen LogP contribution < -0.4 is 5.32 Å². The maximum Gasteiger partial charge on any atom is 0.194 e. The molecule has 0 aliphatic rings. The summed E-state index contributed by atoms with van der Waals surface area (Å²) in [5, 5.41) is 13.8. The van der Waals surface area contributed by atoms with Gasteiger partial charge >= 0.3 is 0 Å². The first-order valence-corrected chi connectivity index (χ1v) is 7.82. The van der Waals surface area contributed by atoms with Crippen LogP contribution in [0.3, 0.4) is 0 Å². The lowest BCUT2D eigenvalue weighted by Gasteiger charge is -2.24. The molecule has 0 spiro atoms. The Bertz CT molecular complexity index is 612. The summed E-state index contributed by atoms with van der Waals surface area (Å²) in [5.74, 6) is 1.27. The third-order valence-corrected chi connectivity index (χ3v) is 3.55. The smallest absolute Gasteiger partial charge is 0.194 e. The van der Waals surface area contributed by atoms with Crippen molar-refractivity contribution < 1.29 is 9.52 Å². The van der Waals surface area contributed by atoms with Gasteiger partial charge in [0.1, 0.15) is 11.4 Å². The molecule has 5 nitrogen and oxygen atoms in total. The monoisotopic (exact) mass is 443 g/mol. The first-order valence-electron chi connectivity index (χ1n) is 7.82. The quantitative estimate of drug-likeness (QED) is 0.409. The SMILES string of the molecule is CCNC(=NCC(C)(O)c1ccco1)N(C)Cc1ccccc1.I. The van der Waals surface area contributed by atoms with Crippen molar-refractivity contribution in [1.82, 2.24) is 10.2 Å². The predicted octanol–water partition coefficient (Wildman–Crippen LogP) is 3.20. The first-order chi connectivity index (χ1) is 11.0. The molecule has 0 fully saturated rings. The van der Waals surface area contributed by atoms with E-state index in [4.69, 9.17) is 4.42 Å². The summed E-state index contributed by atoms with van der Waals surface area (Å²) in [4.78, 5) is 6.60. The summed E-state index contributed by atoms with van der Waals surface area (Å²) < 4.78 is 5.29. The van der Waals surface area contributed by atoms with Crippen LogP contribution in [0.5, 0.6) is 0 Å². The van der Waals surface area contributed by atoms with Crippen molar-refractivity contribution in [2.75, 3.05) is 20.1 Å². The predicted molar refractivity (Wildman–Crippen MR) is 108 cm³/mol. The largest absolute Gasteiger partial charge is 0.466 e. The van der Waals surface area contributed by atoms with Crippen LogP contribution in [0.2, 0.25) is 0 Å². The van der Waals surface area contributed by atoms with Crippen LogP contribution in [0.25, 0.3) is 0 Å². The van der Waals surface area contributed by atoms with Crippen LogP contribution >= 0.6 is 24.0 Å². The molecule has 1 atom stereocenters. The van der Waals surface area contributed by atoms with E-state index in [1.54, 1.807) is 25.3 Å². The highest BCUT2D eigenvalue weighted by molar-refractivity contribution is 14.0. The fraction of sp³-hybridized carbons (Fsp3) is 0.389. The van der Waals surface area contributed by atoms with E-state index in [2.05, 4.69) is 22.4 Å². The first kappa shape index (κ1) is 20.5. The number of furan rings is 1. The molecule has 132 valence electrons. The minimum absolute atomic E-state index is 0. The average Bonchev–Trinajstić information content (AvgIpc) is 3.07. The van der Waals surface area contributed by atoms with Crippen molar-refractivity contribution in [3.63, 3.8) is 0 Å². The van der Waals surface area contributed by atoms with Gasteiger partial charge in [0.15, 0.2) is 5.96 Å². The minimum atomic E-state index is -1.13. The van der Waals surface area contributed by atoms with Gasteiger partial charge in [-0.05, 0) is 31.5 Å². The highest BCUT2D eigenvalue weighted by Crippen LogP contribution is 2.21. The van der Waals surface area contributed by atoms with E-state index in [1.807, 2.05) is 37.1 Å². The van der Waals surface area contributed by atoms with E-state index >= 15 is 0 Å². The maximum atomic E-state index is 10.5. The van der Waals surface area contributed by atoms with Crippen molar-refractivity contribution >= 4 is 29.9 Å². The fourth-order valence-corrected chi connectivity index (χ4v) is 2.29. The van der Waals surface area contributed by atoms with E-state index in [0.29, 0.717) is 5.76 Å². The molecule has 0 saturated heterocycles. The molecule has 0 amide bonds. The Morgan fingerprint density at radius 2 is 1.96 bits per heavy atom. The van der Waals surface area contributed by atoms with Gasteiger partial charge < -0.3 is 19.7 Å². The Morgan fingerprint density at radius 1 is 1.25 bits per heavy atom. The van der Waals surface area contributed by atoms with Crippen LogP contribution in [-0.2, 0) is 12.1 Å². The Balaban J connectivity index is 0.00000288. The molecule has 1 aromatic carbocycles. The number of aliphatic imine (C=N–C) groups is 1. The number of nitrogens with one attached hydrogen (secondary N) is 1. The number of rotatable bonds is 6. The molecule has 1 heterocycles. The summed E-state index contributed by atoms with van der Waals surface area (Å²) in [6, 6.07) is 13.7. The van der Waals surface area contributed by atoms with E-state index in [9.17, 15) is 5.11 Å². The third kappa shape index (κ3) is 5.83. The number of nitrogens with zero attached hydrogens (tertiary/aromatic N) is 2. The average molecular weight is 443 g/mol. The van der Waals surface area contributed by atoms with Gasteiger partial charge in [-0.1, -0.05) is 30.3 Å². The van der Waals surface area contributed by atoms with Crippen molar-refractivity contribution in [3.05, 3.63) is 60.1 Å². The van der Waals surface area contributed by atoms with E-state index in [-0.39, 0.29) is 30.5 Å². The second-order valence-electron chi connectivity index (χ2n) is 5.76. The maximum absolute atomic E-state index is 10.5. The standard InChI is InChI=1S/C18H25N3O2.HI/c1-4-19-17(21(3)13-15-9-6-5-7-10-15)20-14-18(2,22)16-11-8-12-23-16;/h5-12,22H,4,13-14H2,1-3H3,(H,19,20);1H. The van der Waals surface area contributed by atoms with E-state index in [0.717, 1.165) is 19.0 Å². The van der Waals surface area contributed by atoms with E-state index < -0.39 is 5.60 Å². The lowest BCUT2D eigenvalue weighted by molar-refractivity contribution is 0.0435. The van der Waals surface area contributed by atoms with Crippen LogP contribution in [0.1, 0.15) is 25.2 Å². The van der Waals surface area contributed by atoms with Gasteiger partial charge in [-0.2, -0.15) is 0 Å². The van der Waals surface area contributed by atoms with Gasteiger partial charge in [-0.15, -0.1) is 24.0 Å². The van der Waals surface area contributed by atoms with Gasteiger partial charge in [-0.3, -0.25) is 0 Å². The topological polar surface area (TPSA) is 61.0 Å². The zero-order chi connectivity index (χ0) is 16.7. The fourth-order valence-electron chi connectivity index (χ4n) is 2.29. The van der Waals surface area contributed by atoms with Gasteiger partial charge in [0.25, 0.3) is 0 Å². The van der Waals surface area contributed by atoms with Crippen molar-refractivity contribution in [1.29, 1.82) is 0 Å². The molecule has 0 aliphatic heterocycles. The molecule has 1 aromatic heterocycles. The molecule has 2 rings (SSSR count). The summed E-state index contributed by atoms with van der Waals surface area (Å²) in [6.45, 7) is 5.46. The molecule has 0 aliphatic carbocycles. The Labute approximate surface area is 160 Å². The van der Waals surface area contributed by atoms with Crippen molar-refractivity contribution in [3.8, 4) is 0 Å². The Hall–Kier alpha value is -1.54.